The van der Waals surface area contributed by atoms with Crippen LogP contribution in [-0.2, 0) is 0 Å². The van der Waals surface area contributed by atoms with E-state index < -0.39 is 0 Å². The Morgan fingerprint density at radius 1 is 0.889 bits per heavy atom. The summed E-state index contributed by atoms with van der Waals surface area (Å²) in [7, 11) is 0. The molecule has 0 fully saturated rings. The number of nitrogen functional groups attached to an aromatic ring is 2. The van der Waals surface area contributed by atoms with Crippen LogP contribution in [0.25, 0.3) is 33.4 Å². The minimum absolute atomic E-state index is 0.0927. The van der Waals surface area contributed by atoms with E-state index in [0.29, 0.717) is 16.7 Å². The molecule has 0 atom stereocenters. The molecular weight excluding hydrogens is 334 g/mol. The van der Waals surface area contributed by atoms with E-state index in [-0.39, 0.29) is 11.4 Å². The molecule has 27 heavy (non-hydrogen) atoms. The van der Waals surface area contributed by atoms with Crippen LogP contribution in [0.15, 0.2) is 60.7 Å². The first-order valence-electron chi connectivity index (χ1n) is 8.50. The Labute approximate surface area is 156 Å². The fraction of sp³-hybridized carbons (Fsp3) is 0.0455. The molecule has 0 bridgehead atoms. The molecular formula is C22H17N5. The van der Waals surface area contributed by atoms with E-state index in [1.54, 1.807) is 0 Å². The second-order valence-corrected chi connectivity index (χ2v) is 6.38. The minimum Gasteiger partial charge on any atom is -0.397 e. The Morgan fingerprint density at radius 3 is 2.26 bits per heavy atom. The molecule has 4 rings (SSSR count). The zero-order valence-corrected chi connectivity index (χ0v) is 14.8. The number of pyridine rings is 2. The molecule has 2 aromatic heterocycles. The van der Waals surface area contributed by atoms with Crippen molar-refractivity contribution in [3.63, 3.8) is 0 Å². The number of nitriles is 1. The third-order valence-corrected chi connectivity index (χ3v) is 4.57. The maximum absolute atomic E-state index is 9.41. The van der Waals surface area contributed by atoms with Gasteiger partial charge in [0.2, 0.25) is 0 Å². The third kappa shape index (κ3) is 2.83. The fourth-order valence-electron chi connectivity index (χ4n) is 3.15. The molecule has 0 spiro atoms. The summed E-state index contributed by atoms with van der Waals surface area (Å²) in [4.78, 5) is 9.04. The molecule has 0 saturated carbocycles. The van der Waals surface area contributed by atoms with Gasteiger partial charge in [0.15, 0.2) is 5.65 Å². The maximum Gasteiger partial charge on any atom is 0.164 e. The topological polar surface area (TPSA) is 102 Å². The van der Waals surface area contributed by atoms with Crippen molar-refractivity contribution in [3.05, 3.63) is 71.8 Å². The van der Waals surface area contributed by atoms with E-state index in [1.807, 2.05) is 73.7 Å². The quantitative estimate of drug-likeness (QED) is 0.560. The van der Waals surface area contributed by atoms with E-state index in [0.717, 1.165) is 22.4 Å². The van der Waals surface area contributed by atoms with E-state index in [4.69, 9.17) is 11.5 Å². The highest BCUT2D eigenvalue weighted by atomic mass is 14.9. The van der Waals surface area contributed by atoms with Crippen LogP contribution >= 0.6 is 0 Å². The number of aromatic nitrogens is 2. The molecule has 0 aliphatic rings. The van der Waals surface area contributed by atoms with Gasteiger partial charge >= 0.3 is 0 Å². The van der Waals surface area contributed by atoms with Gasteiger partial charge in [-0.1, -0.05) is 60.2 Å². The van der Waals surface area contributed by atoms with Crippen LogP contribution in [0.5, 0.6) is 0 Å². The second kappa shape index (κ2) is 6.43. The number of nitrogens with two attached hydrogens (primary N) is 2. The van der Waals surface area contributed by atoms with Crippen molar-refractivity contribution in [1.82, 2.24) is 9.97 Å². The first-order valence-corrected chi connectivity index (χ1v) is 8.50. The predicted molar refractivity (Wildman–Crippen MR) is 109 cm³/mol. The lowest BCUT2D eigenvalue weighted by Crippen LogP contribution is -2.04. The number of rotatable bonds is 2. The molecule has 4 aromatic rings. The molecule has 2 heterocycles. The van der Waals surface area contributed by atoms with Crippen LogP contribution in [0.4, 0.5) is 11.5 Å². The van der Waals surface area contributed by atoms with Gasteiger partial charge in [0.05, 0.1) is 16.8 Å². The Kier molecular flexibility index (Phi) is 3.94. The summed E-state index contributed by atoms with van der Waals surface area (Å²) >= 11 is 0. The minimum atomic E-state index is 0.0927. The molecule has 0 saturated heterocycles. The highest BCUT2D eigenvalue weighted by molar-refractivity contribution is 6.05. The van der Waals surface area contributed by atoms with Crippen LogP contribution < -0.4 is 11.5 Å². The van der Waals surface area contributed by atoms with Gasteiger partial charge in [-0.25, -0.2) is 9.97 Å². The summed E-state index contributed by atoms with van der Waals surface area (Å²) in [5, 5.41) is 10.0. The third-order valence-electron chi connectivity index (χ3n) is 4.57. The van der Waals surface area contributed by atoms with Gasteiger partial charge in [-0.05, 0) is 24.1 Å². The van der Waals surface area contributed by atoms with Crippen LogP contribution in [0.3, 0.4) is 0 Å². The summed E-state index contributed by atoms with van der Waals surface area (Å²) in [6, 6.07) is 22.0. The summed E-state index contributed by atoms with van der Waals surface area (Å²) in [6.45, 7) is 2.04. The molecule has 0 amide bonds. The number of hydrogen-bond acceptors (Lipinski definition) is 5. The van der Waals surface area contributed by atoms with Gasteiger partial charge in [-0.15, -0.1) is 0 Å². The van der Waals surface area contributed by atoms with Gasteiger partial charge < -0.3 is 11.5 Å². The number of fused-ring (bicyclic) bond motifs is 1. The lowest BCUT2D eigenvalue weighted by atomic mass is 9.97. The van der Waals surface area contributed by atoms with Crippen LogP contribution in [0, 0.1) is 18.3 Å². The summed E-state index contributed by atoms with van der Waals surface area (Å²) < 4.78 is 0. The fourth-order valence-corrected chi connectivity index (χ4v) is 3.15. The zero-order chi connectivity index (χ0) is 19.0. The standard InChI is InChI=1S/C22H17N5/c1-13-7-9-15(10-8-13)18-11-16(14-5-3-2-4-6-14)19-20(24)17(12-23)21(25)27-22(19)26-18/h2-11H,1H3,(H4,24,25,26,27). The van der Waals surface area contributed by atoms with Gasteiger partial charge in [0.25, 0.3) is 0 Å². The van der Waals surface area contributed by atoms with E-state index in [9.17, 15) is 5.26 Å². The van der Waals surface area contributed by atoms with Crippen molar-refractivity contribution < 1.29 is 0 Å². The number of anilines is 2. The SMILES string of the molecule is Cc1ccc(-c2cc(-c3ccccc3)c3c(N)c(C#N)c(N)nc3n2)cc1. The zero-order valence-electron chi connectivity index (χ0n) is 14.8. The Bertz CT molecular complexity index is 1190. The van der Waals surface area contributed by atoms with E-state index in [1.165, 1.54) is 5.56 Å². The maximum atomic E-state index is 9.41. The number of benzene rings is 2. The monoisotopic (exact) mass is 351 g/mol. The Balaban J connectivity index is 2.10. The molecule has 0 aliphatic heterocycles. The first kappa shape index (κ1) is 16.6. The van der Waals surface area contributed by atoms with Crippen molar-refractivity contribution in [2.45, 2.75) is 6.92 Å². The summed E-state index contributed by atoms with van der Waals surface area (Å²) in [5.74, 6) is 0.0927. The van der Waals surface area contributed by atoms with Gasteiger partial charge in [0.1, 0.15) is 17.5 Å². The van der Waals surface area contributed by atoms with Crippen molar-refractivity contribution in [1.29, 1.82) is 5.26 Å². The van der Waals surface area contributed by atoms with Crippen LogP contribution in [-0.4, -0.2) is 9.97 Å². The lowest BCUT2D eigenvalue weighted by molar-refractivity contribution is 1.28. The number of aryl methyl sites for hydroxylation is 1. The van der Waals surface area contributed by atoms with Crippen molar-refractivity contribution in [2.24, 2.45) is 0 Å². The van der Waals surface area contributed by atoms with Crippen molar-refractivity contribution >= 4 is 22.5 Å². The normalized spacial score (nSPS) is 10.7. The number of hydrogen-bond donors (Lipinski definition) is 2. The van der Waals surface area contributed by atoms with Crippen LogP contribution in [0.2, 0.25) is 0 Å². The largest absolute Gasteiger partial charge is 0.397 e. The molecule has 2 aromatic carbocycles. The summed E-state index contributed by atoms with van der Waals surface area (Å²) in [5.41, 5.74) is 17.9. The lowest BCUT2D eigenvalue weighted by Gasteiger charge is -2.13. The second-order valence-electron chi connectivity index (χ2n) is 6.38. The molecule has 4 N–H and O–H groups in total. The van der Waals surface area contributed by atoms with Gasteiger partial charge in [-0.2, -0.15) is 5.26 Å². The highest BCUT2D eigenvalue weighted by Gasteiger charge is 2.17. The average Bonchev–Trinajstić information content (AvgIpc) is 2.68. The molecule has 5 heteroatoms. The predicted octanol–water partition coefficient (Wildman–Crippen LogP) is 4.31. The van der Waals surface area contributed by atoms with Crippen molar-refractivity contribution in [2.75, 3.05) is 11.5 Å². The smallest absolute Gasteiger partial charge is 0.164 e. The Hall–Kier alpha value is -3.91. The molecule has 5 nitrogen and oxygen atoms in total. The molecule has 0 radical (unpaired) electrons. The summed E-state index contributed by atoms with van der Waals surface area (Å²) in [6.07, 6.45) is 0. The molecule has 130 valence electrons. The van der Waals surface area contributed by atoms with Gasteiger partial charge in [0, 0.05) is 5.56 Å². The van der Waals surface area contributed by atoms with E-state index >= 15 is 0 Å². The van der Waals surface area contributed by atoms with Crippen LogP contribution in [0.1, 0.15) is 11.1 Å². The van der Waals surface area contributed by atoms with E-state index in [2.05, 4.69) is 9.97 Å². The number of nitrogens with zero attached hydrogens (tertiary/aromatic N) is 3. The first-order chi connectivity index (χ1) is 13.1. The highest BCUT2D eigenvalue weighted by Crippen LogP contribution is 2.37. The molecule has 0 unspecified atom stereocenters. The van der Waals surface area contributed by atoms with Gasteiger partial charge in [-0.3, -0.25) is 0 Å². The van der Waals surface area contributed by atoms with Crippen molar-refractivity contribution in [3.8, 4) is 28.5 Å². The molecule has 0 aliphatic carbocycles. The Morgan fingerprint density at radius 2 is 1.59 bits per heavy atom. The average molecular weight is 351 g/mol.